The third-order valence-electron chi connectivity index (χ3n) is 3.70. The molecule has 0 radical (unpaired) electrons. The number of aromatic nitrogens is 2. The Kier molecular flexibility index (Phi) is 4.78. The highest BCUT2D eigenvalue weighted by molar-refractivity contribution is 5.91. The Morgan fingerprint density at radius 1 is 1.30 bits per heavy atom. The van der Waals surface area contributed by atoms with Crippen LogP contribution >= 0.6 is 0 Å². The zero-order valence-electron chi connectivity index (χ0n) is 13.1. The third-order valence-corrected chi connectivity index (χ3v) is 3.70. The largest absolute Gasteiger partial charge is 0.367 e. The van der Waals surface area contributed by atoms with Crippen LogP contribution in [0.25, 0.3) is 6.08 Å². The van der Waals surface area contributed by atoms with Crippen LogP contribution in [0.4, 0.5) is 0 Å². The van der Waals surface area contributed by atoms with Gasteiger partial charge in [-0.1, -0.05) is 30.3 Å². The lowest BCUT2D eigenvalue weighted by atomic mass is 10.2. The van der Waals surface area contributed by atoms with Crippen LogP contribution in [0.3, 0.4) is 0 Å². The number of morpholine rings is 1. The van der Waals surface area contributed by atoms with Gasteiger partial charge in [0.15, 0.2) is 5.82 Å². The number of nitrogens with zero attached hydrogens (tertiary/aromatic N) is 3. The van der Waals surface area contributed by atoms with E-state index in [1.165, 1.54) is 0 Å². The van der Waals surface area contributed by atoms with Gasteiger partial charge in [-0.15, -0.1) is 0 Å². The quantitative estimate of drug-likeness (QED) is 0.817. The van der Waals surface area contributed by atoms with E-state index >= 15 is 0 Å². The highest BCUT2D eigenvalue weighted by Crippen LogP contribution is 2.19. The fraction of sp³-hybridized carbons (Fsp3) is 0.278. The smallest absolute Gasteiger partial charge is 0.246 e. The van der Waals surface area contributed by atoms with Crippen LogP contribution in [0.5, 0.6) is 0 Å². The second-order valence-corrected chi connectivity index (χ2v) is 5.44. The molecule has 1 atom stereocenters. The van der Waals surface area contributed by atoms with Crippen LogP contribution in [0.15, 0.2) is 48.7 Å². The number of amides is 1. The molecule has 5 nitrogen and oxygen atoms in total. The van der Waals surface area contributed by atoms with Gasteiger partial charge in [0.2, 0.25) is 5.91 Å². The van der Waals surface area contributed by atoms with Crippen molar-refractivity contribution in [1.29, 1.82) is 0 Å². The van der Waals surface area contributed by atoms with Crippen LogP contribution in [0.2, 0.25) is 0 Å². The van der Waals surface area contributed by atoms with Crippen LogP contribution in [-0.2, 0) is 9.53 Å². The van der Waals surface area contributed by atoms with Gasteiger partial charge < -0.3 is 9.64 Å². The van der Waals surface area contributed by atoms with Crippen molar-refractivity contribution in [2.24, 2.45) is 0 Å². The van der Waals surface area contributed by atoms with E-state index in [0.29, 0.717) is 25.5 Å². The van der Waals surface area contributed by atoms with Crippen molar-refractivity contribution < 1.29 is 9.53 Å². The van der Waals surface area contributed by atoms with Gasteiger partial charge >= 0.3 is 0 Å². The maximum absolute atomic E-state index is 12.4. The summed E-state index contributed by atoms with van der Waals surface area (Å²) in [6.45, 7) is 3.47. The van der Waals surface area contributed by atoms with E-state index in [-0.39, 0.29) is 12.0 Å². The molecule has 0 aliphatic carbocycles. The molecule has 2 heterocycles. The molecular weight excluding hydrogens is 290 g/mol. The SMILES string of the molecule is Cc1ccnc(C2CN(C(=O)/C=C/c3ccccc3)CCO2)n1. The molecule has 1 unspecified atom stereocenters. The molecule has 1 fully saturated rings. The number of carbonyl (C=O) groups excluding carboxylic acids is 1. The molecule has 118 valence electrons. The molecule has 2 aromatic rings. The van der Waals surface area contributed by atoms with Gasteiger partial charge in [0, 0.05) is 24.5 Å². The molecule has 1 aliphatic rings. The van der Waals surface area contributed by atoms with Crippen molar-refractivity contribution in [2.75, 3.05) is 19.7 Å². The van der Waals surface area contributed by atoms with Gasteiger partial charge in [-0.25, -0.2) is 9.97 Å². The van der Waals surface area contributed by atoms with E-state index < -0.39 is 0 Å². The van der Waals surface area contributed by atoms with E-state index in [4.69, 9.17) is 4.74 Å². The predicted molar refractivity (Wildman–Crippen MR) is 87.5 cm³/mol. The summed E-state index contributed by atoms with van der Waals surface area (Å²) in [5, 5.41) is 0. The first-order valence-electron chi connectivity index (χ1n) is 7.65. The molecule has 1 aliphatic heterocycles. The van der Waals surface area contributed by atoms with Crippen molar-refractivity contribution in [2.45, 2.75) is 13.0 Å². The monoisotopic (exact) mass is 309 g/mol. The van der Waals surface area contributed by atoms with Crippen molar-refractivity contribution in [3.05, 3.63) is 65.8 Å². The van der Waals surface area contributed by atoms with Crippen LogP contribution in [0.1, 0.15) is 23.2 Å². The Balaban J connectivity index is 1.66. The second-order valence-electron chi connectivity index (χ2n) is 5.44. The molecule has 3 rings (SSSR count). The van der Waals surface area contributed by atoms with Crippen molar-refractivity contribution >= 4 is 12.0 Å². The Labute approximate surface area is 135 Å². The molecule has 1 aromatic carbocycles. The number of carbonyl (C=O) groups is 1. The first kappa shape index (κ1) is 15.4. The summed E-state index contributed by atoms with van der Waals surface area (Å²) < 4.78 is 5.72. The summed E-state index contributed by atoms with van der Waals surface area (Å²) in [6, 6.07) is 11.6. The van der Waals surface area contributed by atoms with Gasteiger partial charge in [-0.2, -0.15) is 0 Å². The molecule has 0 N–H and O–H groups in total. The lowest BCUT2D eigenvalue weighted by molar-refractivity contribution is -0.134. The molecule has 1 aromatic heterocycles. The third kappa shape index (κ3) is 4.02. The Bertz CT molecular complexity index is 700. The van der Waals surface area contributed by atoms with Gasteiger partial charge in [-0.3, -0.25) is 4.79 Å². The predicted octanol–water partition coefficient (Wildman–Crippen LogP) is 2.40. The van der Waals surface area contributed by atoms with Crippen molar-refractivity contribution in [1.82, 2.24) is 14.9 Å². The standard InChI is InChI=1S/C18H19N3O2/c1-14-9-10-19-18(20-14)16-13-21(11-12-23-16)17(22)8-7-15-5-3-2-4-6-15/h2-10,16H,11-13H2,1H3/b8-7+. The molecule has 0 bridgehead atoms. The molecule has 5 heteroatoms. The maximum Gasteiger partial charge on any atom is 0.246 e. The minimum atomic E-state index is -0.266. The van der Waals surface area contributed by atoms with Gasteiger partial charge in [-0.05, 0) is 24.6 Å². The molecule has 1 saturated heterocycles. The van der Waals surface area contributed by atoms with Gasteiger partial charge in [0.05, 0.1) is 13.2 Å². The minimum Gasteiger partial charge on any atom is -0.367 e. The number of rotatable bonds is 3. The van der Waals surface area contributed by atoms with E-state index in [0.717, 1.165) is 11.3 Å². The maximum atomic E-state index is 12.4. The van der Waals surface area contributed by atoms with Gasteiger partial charge in [0.25, 0.3) is 0 Å². The lowest BCUT2D eigenvalue weighted by Crippen LogP contribution is -2.42. The first-order chi connectivity index (χ1) is 11.2. The summed E-state index contributed by atoms with van der Waals surface area (Å²) in [5.74, 6) is 0.615. The fourth-order valence-electron chi connectivity index (χ4n) is 2.47. The average molecular weight is 309 g/mol. The zero-order chi connectivity index (χ0) is 16.1. The Hall–Kier alpha value is -2.53. The second kappa shape index (κ2) is 7.15. The van der Waals surface area contributed by atoms with Crippen LogP contribution < -0.4 is 0 Å². The molecule has 23 heavy (non-hydrogen) atoms. The van der Waals surface area contributed by atoms with Crippen molar-refractivity contribution in [3.63, 3.8) is 0 Å². The number of benzene rings is 1. The summed E-state index contributed by atoms with van der Waals surface area (Å²) >= 11 is 0. The van der Waals surface area contributed by atoms with E-state index in [1.807, 2.05) is 49.4 Å². The Morgan fingerprint density at radius 2 is 2.13 bits per heavy atom. The van der Waals surface area contributed by atoms with Crippen LogP contribution in [-0.4, -0.2) is 40.5 Å². The highest BCUT2D eigenvalue weighted by Gasteiger charge is 2.26. The number of hydrogen-bond donors (Lipinski definition) is 0. The molecule has 1 amide bonds. The van der Waals surface area contributed by atoms with Crippen molar-refractivity contribution in [3.8, 4) is 0 Å². The summed E-state index contributed by atoms with van der Waals surface area (Å²) in [6.07, 6.45) is 4.89. The zero-order valence-corrected chi connectivity index (χ0v) is 13.1. The lowest BCUT2D eigenvalue weighted by Gasteiger charge is -2.31. The Morgan fingerprint density at radius 3 is 2.91 bits per heavy atom. The minimum absolute atomic E-state index is 0.0187. The summed E-state index contributed by atoms with van der Waals surface area (Å²) in [7, 11) is 0. The van der Waals surface area contributed by atoms with Gasteiger partial charge in [0.1, 0.15) is 6.10 Å². The molecule has 0 spiro atoms. The first-order valence-corrected chi connectivity index (χ1v) is 7.65. The normalized spacial score (nSPS) is 18.3. The van der Waals surface area contributed by atoms with E-state index in [1.54, 1.807) is 17.2 Å². The fourth-order valence-corrected chi connectivity index (χ4v) is 2.47. The molecule has 0 saturated carbocycles. The van der Waals surface area contributed by atoms with Crippen LogP contribution in [0, 0.1) is 6.92 Å². The topological polar surface area (TPSA) is 55.3 Å². The summed E-state index contributed by atoms with van der Waals surface area (Å²) in [5.41, 5.74) is 1.90. The average Bonchev–Trinajstić information content (AvgIpc) is 2.61. The summed E-state index contributed by atoms with van der Waals surface area (Å²) in [4.78, 5) is 22.8. The van der Waals surface area contributed by atoms with E-state index in [2.05, 4.69) is 9.97 Å². The number of ether oxygens (including phenoxy) is 1. The highest BCUT2D eigenvalue weighted by atomic mass is 16.5. The number of aryl methyl sites for hydroxylation is 1. The molecular formula is C18H19N3O2. The van der Waals surface area contributed by atoms with E-state index in [9.17, 15) is 4.79 Å². The number of hydrogen-bond acceptors (Lipinski definition) is 4.